The molecule has 2 rings (SSSR count). The van der Waals surface area contributed by atoms with E-state index in [1.165, 1.54) is 19.3 Å². The molecular weight excluding hydrogens is 277 g/mol. The normalized spacial score (nSPS) is 31.9. The first-order chi connectivity index (χ1) is 9.88. The first kappa shape index (κ1) is 17.1. The number of rotatable bonds is 4. The fourth-order valence-corrected chi connectivity index (χ4v) is 3.85. The predicted octanol–water partition coefficient (Wildman–Crippen LogP) is 3.96. The molecule has 0 aromatic carbocycles. The van der Waals surface area contributed by atoms with Crippen LogP contribution in [0.2, 0.25) is 0 Å². The molecule has 1 aliphatic heterocycles. The predicted molar refractivity (Wildman–Crippen MR) is 79.3 cm³/mol. The summed E-state index contributed by atoms with van der Waals surface area (Å²) in [5.41, 5.74) is 0. The SMILES string of the molecule is CC(C)N(CC1CCCCN1)C1CCC(C(F)(F)F)CC1. The van der Waals surface area contributed by atoms with Crippen molar-refractivity contribution in [3.8, 4) is 0 Å². The lowest BCUT2D eigenvalue weighted by Gasteiger charge is -2.42. The molecule has 5 heteroatoms. The average Bonchev–Trinajstić information content (AvgIpc) is 2.45. The molecule has 0 spiro atoms. The Kier molecular flexibility index (Phi) is 5.95. The maximum atomic E-state index is 12.8. The van der Waals surface area contributed by atoms with Gasteiger partial charge in [0, 0.05) is 24.7 Å². The van der Waals surface area contributed by atoms with Crippen LogP contribution in [-0.4, -0.2) is 42.3 Å². The van der Waals surface area contributed by atoms with Crippen LogP contribution in [0.25, 0.3) is 0 Å². The minimum absolute atomic E-state index is 0.301. The Hall–Kier alpha value is -0.290. The largest absolute Gasteiger partial charge is 0.391 e. The van der Waals surface area contributed by atoms with Crippen molar-refractivity contribution in [1.82, 2.24) is 10.2 Å². The van der Waals surface area contributed by atoms with Gasteiger partial charge < -0.3 is 5.32 Å². The summed E-state index contributed by atoms with van der Waals surface area (Å²) in [6, 6.07) is 1.25. The van der Waals surface area contributed by atoms with E-state index < -0.39 is 12.1 Å². The maximum Gasteiger partial charge on any atom is 0.391 e. The molecule has 1 saturated carbocycles. The molecule has 1 atom stereocenters. The smallest absolute Gasteiger partial charge is 0.313 e. The molecule has 124 valence electrons. The summed E-state index contributed by atoms with van der Waals surface area (Å²) in [5, 5.41) is 3.55. The van der Waals surface area contributed by atoms with Gasteiger partial charge in [0.1, 0.15) is 0 Å². The number of nitrogens with zero attached hydrogens (tertiary/aromatic N) is 1. The van der Waals surface area contributed by atoms with Gasteiger partial charge in [0.15, 0.2) is 0 Å². The van der Waals surface area contributed by atoms with Gasteiger partial charge in [-0.1, -0.05) is 6.42 Å². The zero-order valence-electron chi connectivity index (χ0n) is 13.3. The van der Waals surface area contributed by atoms with Crippen LogP contribution in [0.15, 0.2) is 0 Å². The van der Waals surface area contributed by atoms with E-state index in [2.05, 4.69) is 24.1 Å². The summed E-state index contributed by atoms with van der Waals surface area (Å²) in [6.45, 7) is 6.40. The highest BCUT2D eigenvalue weighted by atomic mass is 19.4. The number of nitrogens with one attached hydrogen (secondary N) is 1. The van der Waals surface area contributed by atoms with E-state index in [9.17, 15) is 13.2 Å². The summed E-state index contributed by atoms with van der Waals surface area (Å²) in [4.78, 5) is 2.44. The van der Waals surface area contributed by atoms with Crippen LogP contribution in [0.5, 0.6) is 0 Å². The number of alkyl halides is 3. The Morgan fingerprint density at radius 3 is 2.19 bits per heavy atom. The second-order valence-electron chi connectivity index (χ2n) is 6.98. The first-order valence-electron chi connectivity index (χ1n) is 8.43. The summed E-state index contributed by atoms with van der Waals surface area (Å²) >= 11 is 0. The van der Waals surface area contributed by atoms with Crippen molar-refractivity contribution < 1.29 is 13.2 Å². The van der Waals surface area contributed by atoms with Gasteiger partial charge >= 0.3 is 6.18 Å². The maximum absolute atomic E-state index is 12.8. The van der Waals surface area contributed by atoms with E-state index >= 15 is 0 Å². The third-order valence-electron chi connectivity index (χ3n) is 5.14. The molecule has 0 aromatic rings. The van der Waals surface area contributed by atoms with Crippen molar-refractivity contribution in [1.29, 1.82) is 0 Å². The summed E-state index contributed by atoms with van der Waals surface area (Å²) < 4.78 is 38.3. The van der Waals surface area contributed by atoms with Crippen molar-refractivity contribution in [3.05, 3.63) is 0 Å². The molecule has 1 aliphatic carbocycles. The van der Waals surface area contributed by atoms with Crippen LogP contribution < -0.4 is 5.32 Å². The zero-order chi connectivity index (χ0) is 15.5. The molecule has 1 unspecified atom stereocenters. The fraction of sp³-hybridized carbons (Fsp3) is 1.00. The second kappa shape index (κ2) is 7.32. The standard InChI is InChI=1S/C16H29F3N2/c1-12(2)21(11-14-5-3-4-10-20-14)15-8-6-13(7-9-15)16(17,18)19/h12-15,20H,3-11H2,1-2H3. The number of hydrogen-bond donors (Lipinski definition) is 1. The van der Waals surface area contributed by atoms with Crippen molar-refractivity contribution in [2.75, 3.05) is 13.1 Å². The number of halogens is 3. The highest BCUT2D eigenvalue weighted by Crippen LogP contribution is 2.39. The molecule has 21 heavy (non-hydrogen) atoms. The van der Waals surface area contributed by atoms with Gasteiger partial charge in [-0.3, -0.25) is 4.90 Å². The molecule has 2 nitrogen and oxygen atoms in total. The third-order valence-corrected chi connectivity index (χ3v) is 5.14. The quantitative estimate of drug-likeness (QED) is 0.846. The van der Waals surface area contributed by atoms with Crippen molar-refractivity contribution in [3.63, 3.8) is 0 Å². The molecule has 0 amide bonds. The van der Waals surface area contributed by atoms with Crippen LogP contribution in [0.4, 0.5) is 13.2 Å². The molecule has 1 heterocycles. The van der Waals surface area contributed by atoms with E-state index in [1.807, 2.05) is 0 Å². The van der Waals surface area contributed by atoms with E-state index in [0.717, 1.165) is 13.1 Å². The Balaban J connectivity index is 1.87. The lowest BCUT2D eigenvalue weighted by atomic mass is 9.84. The van der Waals surface area contributed by atoms with Crippen LogP contribution in [0.1, 0.15) is 58.8 Å². The van der Waals surface area contributed by atoms with Crippen molar-refractivity contribution in [2.45, 2.75) is 83.1 Å². The Bertz CT molecular complexity index is 303. The fourth-order valence-electron chi connectivity index (χ4n) is 3.85. The van der Waals surface area contributed by atoms with Gasteiger partial charge in [-0.2, -0.15) is 13.2 Å². The molecule has 2 aliphatic rings. The molecule has 0 bridgehead atoms. The zero-order valence-corrected chi connectivity index (χ0v) is 13.3. The highest BCUT2D eigenvalue weighted by Gasteiger charge is 2.42. The van der Waals surface area contributed by atoms with E-state index in [4.69, 9.17) is 0 Å². The molecule has 0 radical (unpaired) electrons. The van der Waals surface area contributed by atoms with Gasteiger partial charge in [0.2, 0.25) is 0 Å². The second-order valence-corrected chi connectivity index (χ2v) is 6.98. The van der Waals surface area contributed by atoms with Crippen molar-refractivity contribution >= 4 is 0 Å². The van der Waals surface area contributed by atoms with Crippen molar-refractivity contribution in [2.24, 2.45) is 5.92 Å². The Morgan fingerprint density at radius 2 is 1.71 bits per heavy atom. The third kappa shape index (κ3) is 4.85. The lowest BCUT2D eigenvalue weighted by Crippen LogP contribution is -2.51. The molecule has 1 saturated heterocycles. The van der Waals surface area contributed by atoms with Gasteiger partial charge in [0.05, 0.1) is 5.92 Å². The molecule has 2 fully saturated rings. The van der Waals surface area contributed by atoms with E-state index in [0.29, 0.717) is 43.8 Å². The van der Waals surface area contributed by atoms with Gasteiger partial charge in [0.25, 0.3) is 0 Å². The highest BCUT2D eigenvalue weighted by molar-refractivity contribution is 4.87. The molecule has 1 N–H and O–H groups in total. The lowest BCUT2D eigenvalue weighted by molar-refractivity contribution is -0.184. The summed E-state index contributed by atoms with van der Waals surface area (Å²) in [5.74, 6) is -1.07. The molecular formula is C16H29F3N2. The van der Waals surface area contributed by atoms with E-state index in [-0.39, 0.29) is 0 Å². The summed E-state index contributed by atoms with van der Waals surface area (Å²) in [7, 11) is 0. The van der Waals surface area contributed by atoms with Gasteiger partial charge in [-0.05, 0) is 58.9 Å². The average molecular weight is 306 g/mol. The van der Waals surface area contributed by atoms with Crippen LogP contribution in [-0.2, 0) is 0 Å². The monoisotopic (exact) mass is 306 g/mol. The van der Waals surface area contributed by atoms with Gasteiger partial charge in [-0.15, -0.1) is 0 Å². The minimum Gasteiger partial charge on any atom is -0.313 e. The first-order valence-corrected chi connectivity index (χ1v) is 8.43. The van der Waals surface area contributed by atoms with E-state index in [1.54, 1.807) is 0 Å². The topological polar surface area (TPSA) is 15.3 Å². The summed E-state index contributed by atoms with van der Waals surface area (Å²) in [6.07, 6.45) is 1.69. The minimum atomic E-state index is -4.00. The Morgan fingerprint density at radius 1 is 1.05 bits per heavy atom. The number of hydrogen-bond acceptors (Lipinski definition) is 2. The van der Waals surface area contributed by atoms with Crippen LogP contribution in [0.3, 0.4) is 0 Å². The molecule has 0 aromatic heterocycles. The van der Waals surface area contributed by atoms with Gasteiger partial charge in [-0.25, -0.2) is 0 Å². The van der Waals surface area contributed by atoms with Crippen LogP contribution in [0, 0.1) is 5.92 Å². The Labute approximate surface area is 126 Å². The number of piperidine rings is 1. The van der Waals surface area contributed by atoms with Crippen LogP contribution >= 0.6 is 0 Å².